The molecule has 0 aliphatic carbocycles. The van der Waals surface area contributed by atoms with Crippen LogP contribution in [0.5, 0.6) is 5.75 Å². The molecule has 6 heteroatoms. The highest BCUT2D eigenvalue weighted by Gasteiger charge is 2.19. The zero-order valence-corrected chi connectivity index (χ0v) is 9.94. The van der Waals surface area contributed by atoms with Crippen molar-refractivity contribution in [2.45, 2.75) is 6.42 Å². The highest BCUT2D eigenvalue weighted by molar-refractivity contribution is 6.30. The van der Waals surface area contributed by atoms with Crippen LogP contribution in [0.4, 0.5) is 5.69 Å². The lowest BCUT2D eigenvalue weighted by Crippen LogP contribution is -2.15. The second-order valence-corrected chi connectivity index (χ2v) is 4.48. The third-order valence-electron chi connectivity index (χ3n) is 2.75. The second-order valence-electron chi connectivity index (χ2n) is 4.04. The Morgan fingerprint density at radius 3 is 3.06 bits per heavy atom. The fourth-order valence-electron chi connectivity index (χ4n) is 1.82. The van der Waals surface area contributed by atoms with Crippen LogP contribution >= 0.6 is 11.6 Å². The van der Waals surface area contributed by atoms with Gasteiger partial charge in [-0.2, -0.15) is 0 Å². The molecule has 0 radical (unpaired) electrons. The maximum absolute atomic E-state index is 10.8. The number of hydrogen-bond acceptors (Lipinski definition) is 4. The number of halogens is 1. The van der Waals surface area contributed by atoms with Gasteiger partial charge < -0.3 is 10.1 Å². The van der Waals surface area contributed by atoms with E-state index in [0.29, 0.717) is 17.5 Å². The largest absolute Gasteiger partial charge is 0.486 e. The first-order chi connectivity index (χ1) is 8.16. The van der Waals surface area contributed by atoms with E-state index in [4.69, 9.17) is 16.3 Å². The van der Waals surface area contributed by atoms with Gasteiger partial charge in [0.15, 0.2) is 5.75 Å². The predicted octanol–water partition coefficient (Wildman–Crippen LogP) is 2.24. The van der Waals surface area contributed by atoms with Gasteiger partial charge in [-0.3, -0.25) is 10.1 Å². The van der Waals surface area contributed by atoms with Crippen LogP contribution in [0.3, 0.4) is 0 Å². The molecule has 0 amide bonds. The number of ether oxygens (including phenoxy) is 1. The average molecular weight is 257 g/mol. The molecule has 1 aromatic carbocycles. The number of benzene rings is 1. The summed E-state index contributed by atoms with van der Waals surface area (Å²) in [4.78, 5) is 10.3. The Kier molecular flexibility index (Phi) is 3.81. The van der Waals surface area contributed by atoms with Crippen LogP contribution in [0.2, 0.25) is 5.02 Å². The molecule has 1 aliphatic heterocycles. The number of nitro groups is 1. The van der Waals surface area contributed by atoms with Crippen LogP contribution in [0.15, 0.2) is 18.2 Å². The Balaban J connectivity index is 2.06. The van der Waals surface area contributed by atoms with Crippen LogP contribution < -0.4 is 10.1 Å². The fourth-order valence-corrected chi connectivity index (χ4v) is 1.99. The maximum Gasteiger partial charge on any atom is 0.312 e. The molecule has 2 rings (SSSR count). The first-order valence-corrected chi connectivity index (χ1v) is 5.82. The molecule has 0 saturated carbocycles. The van der Waals surface area contributed by atoms with Gasteiger partial charge in [0, 0.05) is 23.6 Å². The van der Waals surface area contributed by atoms with E-state index >= 15 is 0 Å². The number of nitrogens with zero attached hydrogens (tertiary/aromatic N) is 1. The average Bonchev–Trinajstić information content (AvgIpc) is 2.80. The monoisotopic (exact) mass is 256 g/mol. The Bertz CT molecular complexity index is 419. The SMILES string of the molecule is O=[N+]([O-])c1cc(Cl)ccc1OC[C@@H]1CCNC1. The van der Waals surface area contributed by atoms with E-state index in [1.807, 2.05) is 0 Å². The third kappa shape index (κ3) is 3.08. The van der Waals surface area contributed by atoms with Gasteiger partial charge in [0.25, 0.3) is 0 Å². The lowest BCUT2D eigenvalue weighted by Gasteiger charge is -2.10. The van der Waals surface area contributed by atoms with Crippen molar-refractivity contribution in [3.05, 3.63) is 33.3 Å². The summed E-state index contributed by atoms with van der Waals surface area (Å²) in [6.07, 6.45) is 1.04. The molecule has 0 unspecified atom stereocenters. The van der Waals surface area contributed by atoms with Crippen molar-refractivity contribution >= 4 is 17.3 Å². The van der Waals surface area contributed by atoms with Gasteiger partial charge >= 0.3 is 5.69 Å². The van der Waals surface area contributed by atoms with Crippen molar-refractivity contribution in [1.82, 2.24) is 5.32 Å². The molecule has 1 atom stereocenters. The quantitative estimate of drug-likeness (QED) is 0.663. The minimum atomic E-state index is -0.478. The summed E-state index contributed by atoms with van der Waals surface area (Å²) in [6.45, 7) is 2.38. The van der Waals surface area contributed by atoms with Crippen molar-refractivity contribution in [3.63, 3.8) is 0 Å². The minimum Gasteiger partial charge on any atom is -0.486 e. The van der Waals surface area contributed by atoms with Gasteiger partial charge in [-0.15, -0.1) is 0 Å². The zero-order valence-electron chi connectivity index (χ0n) is 9.19. The predicted molar refractivity (Wildman–Crippen MR) is 64.6 cm³/mol. The Morgan fingerprint density at radius 1 is 1.59 bits per heavy atom. The van der Waals surface area contributed by atoms with E-state index in [0.717, 1.165) is 19.5 Å². The molecule has 1 saturated heterocycles. The third-order valence-corrected chi connectivity index (χ3v) is 2.99. The molecule has 0 aromatic heterocycles. The summed E-state index contributed by atoms with van der Waals surface area (Å²) in [5.74, 6) is 0.705. The minimum absolute atomic E-state index is 0.0801. The topological polar surface area (TPSA) is 64.4 Å². The molecule has 92 valence electrons. The van der Waals surface area contributed by atoms with Crippen molar-refractivity contribution in [2.75, 3.05) is 19.7 Å². The first-order valence-electron chi connectivity index (χ1n) is 5.44. The zero-order chi connectivity index (χ0) is 12.3. The standard InChI is InChI=1S/C11H13ClN2O3/c12-9-1-2-11(10(5-9)14(15)16)17-7-8-3-4-13-6-8/h1-2,5,8,13H,3-4,6-7H2/t8-/m1/s1. The fraction of sp³-hybridized carbons (Fsp3) is 0.455. The van der Waals surface area contributed by atoms with Crippen molar-refractivity contribution in [1.29, 1.82) is 0 Å². The molecular weight excluding hydrogens is 244 g/mol. The molecule has 0 bridgehead atoms. The molecule has 5 nitrogen and oxygen atoms in total. The van der Waals surface area contributed by atoms with Gasteiger partial charge in [-0.1, -0.05) is 11.6 Å². The lowest BCUT2D eigenvalue weighted by molar-refractivity contribution is -0.385. The number of rotatable bonds is 4. The molecule has 1 aromatic rings. The highest BCUT2D eigenvalue weighted by Crippen LogP contribution is 2.30. The number of nitro benzene ring substituents is 1. The summed E-state index contributed by atoms with van der Waals surface area (Å²) in [5, 5.41) is 14.4. The van der Waals surface area contributed by atoms with E-state index in [1.54, 1.807) is 12.1 Å². The van der Waals surface area contributed by atoms with E-state index in [2.05, 4.69) is 5.32 Å². The van der Waals surface area contributed by atoms with Crippen molar-refractivity contribution in [2.24, 2.45) is 5.92 Å². The Hall–Kier alpha value is -1.33. The van der Waals surface area contributed by atoms with Gasteiger partial charge in [-0.05, 0) is 25.1 Å². The first kappa shape index (κ1) is 12.1. The van der Waals surface area contributed by atoms with Crippen LogP contribution in [-0.4, -0.2) is 24.6 Å². The highest BCUT2D eigenvalue weighted by atomic mass is 35.5. The van der Waals surface area contributed by atoms with E-state index in [1.165, 1.54) is 6.07 Å². The molecule has 1 N–H and O–H groups in total. The molecule has 1 fully saturated rings. The van der Waals surface area contributed by atoms with E-state index < -0.39 is 4.92 Å². The smallest absolute Gasteiger partial charge is 0.312 e. The number of nitrogens with one attached hydrogen (secondary N) is 1. The Morgan fingerprint density at radius 2 is 2.41 bits per heavy atom. The second kappa shape index (κ2) is 5.33. The molecule has 1 heterocycles. The summed E-state index contributed by atoms with van der Waals surface area (Å²) in [5.41, 5.74) is -0.0801. The van der Waals surface area contributed by atoms with Gasteiger partial charge in [0.2, 0.25) is 0 Å². The van der Waals surface area contributed by atoms with Crippen LogP contribution in [0.1, 0.15) is 6.42 Å². The van der Waals surface area contributed by atoms with Crippen molar-refractivity contribution < 1.29 is 9.66 Å². The summed E-state index contributed by atoms with van der Waals surface area (Å²) < 4.78 is 5.50. The van der Waals surface area contributed by atoms with E-state index in [9.17, 15) is 10.1 Å². The summed E-state index contributed by atoms with van der Waals surface area (Å²) in [6, 6.07) is 4.45. The van der Waals surface area contributed by atoms with Crippen LogP contribution in [0.25, 0.3) is 0 Å². The van der Waals surface area contributed by atoms with Gasteiger partial charge in [0.1, 0.15) is 0 Å². The van der Waals surface area contributed by atoms with Crippen LogP contribution in [-0.2, 0) is 0 Å². The van der Waals surface area contributed by atoms with Gasteiger partial charge in [0.05, 0.1) is 11.5 Å². The maximum atomic E-state index is 10.8. The van der Waals surface area contributed by atoms with Crippen molar-refractivity contribution in [3.8, 4) is 5.75 Å². The summed E-state index contributed by atoms with van der Waals surface area (Å²) in [7, 11) is 0. The number of hydrogen-bond donors (Lipinski definition) is 1. The molecule has 1 aliphatic rings. The molecule has 0 spiro atoms. The lowest BCUT2D eigenvalue weighted by atomic mass is 10.1. The normalized spacial score (nSPS) is 19.2. The van der Waals surface area contributed by atoms with Gasteiger partial charge in [-0.25, -0.2) is 0 Å². The summed E-state index contributed by atoms with van der Waals surface area (Å²) >= 11 is 5.72. The molecular formula is C11H13ClN2O3. The Labute approximate surface area is 104 Å². The van der Waals surface area contributed by atoms with E-state index in [-0.39, 0.29) is 11.4 Å². The molecule has 17 heavy (non-hydrogen) atoms. The van der Waals surface area contributed by atoms with Crippen LogP contribution in [0, 0.1) is 16.0 Å².